The summed E-state index contributed by atoms with van der Waals surface area (Å²) in [4.78, 5) is 22.1. The van der Waals surface area contributed by atoms with E-state index in [1.807, 2.05) is 48.5 Å². The van der Waals surface area contributed by atoms with Gasteiger partial charge in [-0.3, -0.25) is 9.80 Å². The zero-order valence-electron chi connectivity index (χ0n) is 31.1. The molecule has 0 saturated carbocycles. The number of likely N-dealkylation sites (N-methyl/N-ethyl adjacent to an activating group) is 1. The number of allylic oxidation sites excluding steroid dienone is 3. The number of benzene rings is 3. The Morgan fingerprint density at radius 1 is 0.660 bits per heavy atom. The number of hydrogen-bond acceptors (Lipinski definition) is 11. The zero-order valence-corrected chi connectivity index (χ0v) is 31.1. The minimum atomic E-state index is 0.247. The fourth-order valence-corrected chi connectivity index (χ4v) is 6.38. The van der Waals surface area contributed by atoms with Crippen LogP contribution in [0, 0.1) is 6.92 Å². The highest BCUT2D eigenvalue weighted by Crippen LogP contribution is 2.22. The molecule has 274 valence electrons. The fourth-order valence-electron chi connectivity index (χ4n) is 6.38. The Morgan fingerprint density at radius 2 is 1.21 bits per heavy atom. The maximum atomic E-state index is 6.08. The highest BCUT2D eigenvalue weighted by molar-refractivity contribution is 5.58. The average molecular weight is 711 g/mol. The Labute approximate surface area is 312 Å². The summed E-state index contributed by atoms with van der Waals surface area (Å²) < 4.78 is 6.08. The van der Waals surface area contributed by atoms with E-state index in [-0.39, 0.29) is 11.9 Å². The van der Waals surface area contributed by atoms with Crippen LogP contribution in [0.25, 0.3) is 0 Å². The molecule has 6 N–H and O–H groups in total. The van der Waals surface area contributed by atoms with Crippen molar-refractivity contribution in [2.24, 2.45) is 0 Å². The molecule has 0 radical (unpaired) electrons. The first-order valence-electron chi connectivity index (χ1n) is 18.0. The molecule has 2 heterocycles. The molecule has 53 heavy (non-hydrogen) atoms. The number of rotatable bonds is 16. The number of nitrogens with two attached hydrogens (primary N) is 2. The van der Waals surface area contributed by atoms with Crippen LogP contribution in [-0.2, 0) is 26.1 Å². The lowest BCUT2D eigenvalue weighted by atomic mass is 10.00. The third-order valence-corrected chi connectivity index (χ3v) is 8.88. The molecule has 0 saturated heterocycles. The lowest BCUT2D eigenvalue weighted by Crippen LogP contribution is -2.22. The van der Waals surface area contributed by atoms with E-state index in [2.05, 4.69) is 117 Å². The lowest BCUT2D eigenvalue weighted by molar-refractivity contribution is 0.312. The van der Waals surface area contributed by atoms with Crippen LogP contribution in [0.5, 0.6) is 5.75 Å². The number of ether oxygens (including phenoxy) is 1. The fraction of sp³-hybridized carbons (Fsp3) is 0.286. The molecule has 1 aliphatic rings. The molecule has 0 unspecified atom stereocenters. The van der Waals surface area contributed by atoms with Crippen molar-refractivity contribution in [3.8, 4) is 5.75 Å². The van der Waals surface area contributed by atoms with Crippen molar-refractivity contribution in [3.05, 3.63) is 136 Å². The third kappa shape index (κ3) is 11.6. The van der Waals surface area contributed by atoms with Crippen molar-refractivity contribution >= 4 is 34.9 Å². The topological polar surface area (TPSA) is 143 Å². The van der Waals surface area contributed by atoms with Gasteiger partial charge in [0.25, 0.3) is 0 Å². The molecule has 0 fully saturated rings. The van der Waals surface area contributed by atoms with Crippen LogP contribution in [0.4, 0.5) is 34.9 Å². The van der Waals surface area contributed by atoms with Gasteiger partial charge >= 0.3 is 0 Å². The average Bonchev–Trinajstić information content (AvgIpc) is 3.10. The molecule has 2 aromatic heterocycles. The molecule has 0 aliphatic heterocycles. The number of anilines is 6. The standard InChI is InChI=1S/C42H50N10O/c1-29-8-14-34(15-9-29)45-39-23-36(47-41(43)49-39)27-51(3)25-32-12-18-38(19-13-32)53-21-20-31-10-16-35(17-11-31)46-40-24-37(48-42(44)50-40)28-52(4)26-33-7-5-6-30(2)22-33/h6,8-19,22-24H,5,7,20-21,25-28H2,1-4H3,(H3,43,45,47,49)(H3,44,46,48,50). The summed E-state index contributed by atoms with van der Waals surface area (Å²) in [6.07, 6.45) is 7.58. The van der Waals surface area contributed by atoms with Gasteiger partial charge in [0.1, 0.15) is 17.4 Å². The predicted molar refractivity (Wildman–Crippen MR) is 215 cm³/mol. The molecule has 11 heteroatoms. The van der Waals surface area contributed by atoms with Gasteiger partial charge in [-0.15, -0.1) is 0 Å². The molecular weight excluding hydrogens is 661 g/mol. The maximum Gasteiger partial charge on any atom is 0.222 e. The molecule has 1 aliphatic carbocycles. The van der Waals surface area contributed by atoms with E-state index < -0.39 is 0 Å². The van der Waals surface area contributed by atoms with Crippen molar-refractivity contribution < 1.29 is 4.74 Å². The highest BCUT2D eigenvalue weighted by Gasteiger charge is 2.11. The van der Waals surface area contributed by atoms with E-state index in [1.54, 1.807) is 0 Å². The van der Waals surface area contributed by atoms with Crippen LogP contribution in [0.15, 0.2) is 108 Å². The second kappa shape index (κ2) is 17.6. The minimum absolute atomic E-state index is 0.247. The first-order valence-corrected chi connectivity index (χ1v) is 18.0. The second-order valence-corrected chi connectivity index (χ2v) is 13.9. The lowest BCUT2D eigenvalue weighted by Gasteiger charge is -2.20. The number of nitrogen functional groups attached to an aromatic ring is 2. The van der Waals surface area contributed by atoms with Gasteiger partial charge in [-0.05, 0) is 88.3 Å². The van der Waals surface area contributed by atoms with Crippen LogP contribution < -0.4 is 26.8 Å². The van der Waals surface area contributed by atoms with Gasteiger partial charge in [0.05, 0.1) is 18.0 Å². The summed E-state index contributed by atoms with van der Waals surface area (Å²) in [6.45, 7) is 7.77. The molecular formula is C42H50N10O. The summed E-state index contributed by atoms with van der Waals surface area (Å²) in [5.41, 5.74) is 22.1. The second-order valence-electron chi connectivity index (χ2n) is 13.9. The van der Waals surface area contributed by atoms with Crippen LogP contribution in [0.3, 0.4) is 0 Å². The van der Waals surface area contributed by atoms with Crippen molar-refractivity contribution in [3.63, 3.8) is 0 Å². The van der Waals surface area contributed by atoms with Gasteiger partial charge in [-0.25, -0.2) is 9.97 Å². The third-order valence-electron chi connectivity index (χ3n) is 8.88. The van der Waals surface area contributed by atoms with Crippen molar-refractivity contribution in [1.29, 1.82) is 0 Å². The molecule has 0 bridgehead atoms. The summed E-state index contributed by atoms with van der Waals surface area (Å²) in [5.74, 6) is 2.71. The Morgan fingerprint density at radius 3 is 1.79 bits per heavy atom. The quantitative estimate of drug-likeness (QED) is 0.0805. The van der Waals surface area contributed by atoms with E-state index in [0.717, 1.165) is 60.9 Å². The van der Waals surface area contributed by atoms with Gasteiger partial charge < -0.3 is 26.8 Å². The van der Waals surface area contributed by atoms with Crippen molar-refractivity contribution in [1.82, 2.24) is 29.7 Å². The van der Waals surface area contributed by atoms with Gasteiger partial charge in [0.15, 0.2) is 0 Å². The smallest absolute Gasteiger partial charge is 0.222 e. The molecule has 6 rings (SSSR count). The van der Waals surface area contributed by atoms with Crippen LogP contribution in [-0.4, -0.2) is 57.0 Å². The first-order chi connectivity index (χ1) is 25.6. The minimum Gasteiger partial charge on any atom is -0.493 e. The maximum absolute atomic E-state index is 6.08. The zero-order chi connectivity index (χ0) is 37.2. The van der Waals surface area contributed by atoms with Gasteiger partial charge in [0, 0.05) is 56.1 Å². The van der Waals surface area contributed by atoms with Crippen LogP contribution in [0.1, 0.15) is 47.8 Å². The van der Waals surface area contributed by atoms with Crippen LogP contribution >= 0.6 is 0 Å². The van der Waals surface area contributed by atoms with Gasteiger partial charge in [-0.1, -0.05) is 65.3 Å². The number of hydrogen-bond donors (Lipinski definition) is 4. The number of nitrogens with one attached hydrogen (secondary N) is 2. The van der Waals surface area contributed by atoms with Gasteiger partial charge in [-0.2, -0.15) is 9.97 Å². The van der Waals surface area contributed by atoms with Crippen molar-refractivity contribution in [2.45, 2.75) is 52.7 Å². The van der Waals surface area contributed by atoms with Gasteiger partial charge in [0.2, 0.25) is 11.9 Å². The Kier molecular flexibility index (Phi) is 12.3. The Bertz CT molecular complexity index is 2030. The molecule has 0 amide bonds. The molecule has 0 atom stereocenters. The van der Waals surface area contributed by atoms with E-state index in [4.69, 9.17) is 16.2 Å². The largest absolute Gasteiger partial charge is 0.493 e. The number of aryl methyl sites for hydroxylation is 1. The number of aromatic nitrogens is 4. The van der Waals surface area contributed by atoms with Crippen LogP contribution in [0.2, 0.25) is 0 Å². The molecule has 5 aromatic rings. The molecule has 3 aromatic carbocycles. The van der Waals surface area contributed by atoms with E-state index in [1.165, 1.54) is 27.8 Å². The summed E-state index contributed by atoms with van der Waals surface area (Å²) >= 11 is 0. The Hall–Kier alpha value is -5.78. The van der Waals surface area contributed by atoms with E-state index in [0.29, 0.717) is 31.3 Å². The normalized spacial score (nSPS) is 12.8. The summed E-state index contributed by atoms with van der Waals surface area (Å²) in [5, 5.41) is 6.70. The summed E-state index contributed by atoms with van der Waals surface area (Å²) in [6, 6.07) is 28.6. The Balaban J connectivity index is 0.937. The SMILES string of the molecule is CC1=CCCC(CN(C)Cc2cc(Nc3ccc(CCOc4ccc(CN(C)Cc5cc(Nc6ccc(C)cc6)nc(N)n5)cc4)cc3)nc(N)n2)=C1. The van der Waals surface area contributed by atoms with E-state index >= 15 is 0 Å². The van der Waals surface area contributed by atoms with E-state index in [9.17, 15) is 0 Å². The monoisotopic (exact) mass is 710 g/mol. The summed E-state index contributed by atoms with van der Waals surface area (Å²) in [7, 11) is 4.17. The first kappa shape index (κ1) is 37.0. The predicted octanol–water partition coefficient (Wildman–Crippen LogP) is 7.58. The number of nitrogens with zero attached hydrogens (tertiary/aromatic N) is 6. The molecule has 0 spiro atoms. The highest BCUT2D eigenvalue weighted by atomic mass is 16.5. The van der Waals surface area contributed by atoms with Crippen molar-refractivity contribution in [2.75, 3.05) is 49.3 Å². The molecule has 11 nitrogen and oxygen atoms in total.